The van der Waals surface area contributed by atoms with Gasteiger partial charge in [0, 0.05) is 41.6 Å². The van der Waals surface area contributed by atoms with Crippen molar-refractivity contribution in [1.29, 1.82) is 0 Å². The molecular weight excluding hydrogens is 258 g/mol. The van der Waals surface area contributed by atoms with E-state index in [4.69, 9.17) is 0 Å². The second kappa shape index (κ2) is 7.20. The van der Waals surface area contributed by atoms with Crippen molar-refractivity contribution in [2.45, 2.75) is 57.7 Å². The monoisotopic (exact) mass is 283 g/mol. The fraction of sp³-hybridized carbons (Fsp3) is 0.786. The molecule has 1 aliphatic carbocycles. The molecule has 0 aromatic carbocycles. The molecule has 2 unspecified atom stereocenters. The van der Waals surface area contributed by atoms with Crippen molar-refractivity contribution in [3.8, 4) is 0 Å². The van der Waals surface area contributed by atoms with Gasteiger partial charge in [-0.15, -0.1) is 0 Å². The van der Waals surface area contributed by atoms with Gasteiger partial charge >= 0.3 is 0 Å². The van der Waals surface area contributed by atoms with E-state index in [-0.39, 0.29) is 6.04 Å². The molecule has 1 aliphatic rings. The lowest BCUT2D eigenvalue weighted by Crippen LogP contribution is -2.30. The summed E-state index contributed by atoms with van der Waals surface area (Å²) < 4.78 is 13.3. The second-order valence-electron chi connectivity index (χ2n) is 5.60. The number of nitrogens with zero attached hydrogens (tertiary/aromatic N) is 2. The maximum absolute atomic E-state index is 11.1. The molecule has 0 amide bonds. The van der Waals surface area contributed by atoms with E-state index in [2.05, 4.69) is 34.3 Å². The van der Waals surface area contributed by atoms with Crippen LogP contribution < -0.4 is 5.32 Å². The highest BCUT2D eigenvalue weighted by atomic mass is 32.2. The first-order chi connectivity index (χ1) is 9.15. The van der Waals surface area contributed by atoms with E-state index in [1.165, 1.54) is 32.1 Å². The normalized spacial score (nSPS) is 20.3. The molecule has 0 bridgehead atoms. The lowest BCUT2D eigenvalue weighted by molar-refractivity contribution is 0.327. The molecule has 19 heavy (non-hydrogen) atoms. The Balaban J connectivity index is 1.81. The van der Waals surface area contributed by atoms with E-state index < -0.39 is 10.8 Å². The predicted molar refractivity (Wildman–Crippen MR) is 79.6 cm³/mol. The van der Waals surface area contributed by atoms with Crippen LogP contribution in [0.5, 0.6) is 0 Å². The van der Waals surface area contributed by atoms with Crippen LogP contribution in [0.4, 0.5) is 0 Å². The largest absolute Gasteiger partial charge is 0.308 e. The van der Waals surface area contributed by atoms with Crippen LogP contribution in [-0.4, -0.2) is 32.0 Å². The van der Waals surface area contributed by atoms with Gasteiger partial charge in [-0.25, -0.2) is 0 Å². The van der Waals surface area contributed by atoms with Gasteiger partial charge in [0.05, 0.1) is 11.7 Å². The summed E-state index contributed by atoms with van der Waals surface area (Å²) in [6.07, 6.45) is 10.4. The molecule has 0 saturated heterocycles. The lowest BCUT2D eigenvalue weighted by Gasteiger charge is -2.21. The molecule has 0 radical (unpaired) electrons. The summed E-state index contributed by atoms with van der Waals surface area (Å²) in [4.78, 5) is 0. The van der Waals surface area contributed by atoms with Crippen molar-refractivity contribution in [3.63, 3.8) is 0 Å². The van der Waals surface area contributed by atoms with Gasteiger partial charge in [0.15, 0.2) is 0 Å². The van der Waals surface area contributed by atoms with Crippen molar-refractivity contribution in [2.75, 3.05) is 12.0 Å². The summed E-state index contributed by atoms with van der Waals surface area (Å²) in [5.74, 6) is 0.698. The topological polar surface area (TPSA) is 46.9 Å². The van der Waals surface area contributed by atoms with E-state index in [0.717, 1.165) is 12.2 Å². The molecule has 1 heterocycles. The molecule has 1 saturated carbocycles. The van der Waals surface area contributed by atoms with Gasteiger partial charge in [-0.05, 0) is 25.8 Å². The number of rotatable bonds is 6. The highest BCUT2D eigenvalue weighted by molar-refractivity contribution is 7.84. The smallest absolute Gasteiger partial charge is 0.0762 e. The number of aromatic nitrogens is 2. The second-order valence-corrected chi connectivity index (χ2v) is 7.08. The van der Waals surface area contributed by atoms with Crippen LogP contribution in [0.2, 0.25) is 0 Å². The zero-order valence-electron chi connectivity index (χ0n) is 12.0. The number of nitrogens with one attached hydrogen (secondary N) is 1. The Bertz CT molecular complexity index is 413. The summed E-state index contributed by atoms with van der Waals surface area (Å²) >= 11 is 0. The van der Waals surface area contributed by atoms with Gasteiger partial charge < -0.3 is 5.32 Å². The minimum atomic E-state index is -0.740. The molecule has 2 atom stereocenters. The Morgan fingerprint density at radius 1 is 1.47 bits per heavy atom. The molecular formula is C14H25N3OS. The van der Waals surface area contributed by atoms with Gasteiger partial charge in [0.25, 0.3) is 0 Å². The molecule has 0 spiro atoms. The van der Waals surface area contributed by atoms with E-state index in [0.29, 0.717) is 11.8 Å². The number of hydrogen-bond donors (Lipinski definition) is 1. The van der Waals surface area contributed by atoms with Crippen molar-refractivity contribution in [2.24, 2.45) is 0 Å². The van der Waals surface area contributed by atoms with Crippen LogP contribution in [-0.2, 0) is 17.3 Å². The summed E-state index contributed by atoms with van der Waals surface area (Å²) in [6, 6.07) is 2.96. The molecule has 1 fully saturated rings. The van der Waals surface area contributed by atoms with Crippen LogP contribution in [0, 0.1) is 0 Å². The average molecular weight is 283 g/mol. The third-order valence-electron chi connectivity index (χ3n) is 3.73. The van der Waals surface area contributed by atoms with Crippen LogP contribution in [0.3, 0.4) is 0 Å². The average Bonchev–Trinajstić information content (AvgIpc) is 2.85. The molecule has 108 valence electrons. The molecule has 1 aromatic heterocycles. The van der Waals surface area contributed by atoms with Crippen molar-refractivity contribution >= 4 is 10.8 Å². The maximum Gasteiger partial charge on any atom is 0.0762 e. The first-order valence-electron chi connectivity index (χ1n) is 7.22. The first kappa shape index (κ1) is 14.7. The molecule has 0 aliphatic heterocycles. The Morgan fingerprint density at radius 3 is 2.89 bits per heavy atom. The zero-order chi connectivity index (χ0) is 13.7. The van der Waals surface area contributed by atoms with Gasteiger partial charge in [-0.1, -0.05) is 19.3 Å². The Kier molecular flexibility index (Phi) is 5.58. The highest BCUT2D eigenvalue weighted by Gasteiger charge is 2.16. The van der Waals surface area contributed by atoms with Gasteiger partial charge in [0.2, 0.25) is 0 Å². The van der Waals surface area contributed by atoms with Crippen molar-refractivity contribution in [3.05, 3.63) is 18.0 Å². The Hall–Kier alpha value is -0.680. The van der Waals surface area contributed by atoms with Crippen LogP contribution in [0.25, 0.3) is 0 Å². The molecule has 1 aromatic rings. The standard InChI is InChI=1S/C14H25N3OS/c1-12(11-19(2)18)15-10-13-8-9-17(16-13)14-6-4-3-5-7-14/h8-9,12,14-15H,3-7,10-11H2,1-2H3. The van der Waals surface area contributed by atoms with Crippen molar-refractivity contribution in [1.82, 2.24) is 15.1 Å². The Morgan fingerprint density at radius 2 is 2.21 bits per heavy atom. The van der Waals surface area contributed by atoms with E-state index >= 15 is 0 Å². The highest BCUT2D eigenvalue weighted by Crippen LogP contribution is 2.27. The predicted octanol–water partition coefficient (Wildman–Crippen LogP) is 2.24. The minimum Gasteiger partial charge on any atom is -0.308 e. The van der Waals surface area contributed by atoms with Crippen molar-refractivity contribution < 1.29 is 4.21 Å². The number of hydrogen-bond acceptors (Lipinski definition) is 3. The quantitative estimate of drug-likeness (QED) is 0.871. The lowest BCUT2D eigenvalue weighted by atomic mass is 9.96. The summed E-state index contributed by atoms with van der Waals surface area (Å²) in [7, 11) is -0.740. The van der Waals surface area contributed by atoms with E-state index in [1.54, 1.807) is 6.26 Å². The third-order valence-corrected chi connectivity index (χ3v) is 4.70. The SMILES string of the molecule is CC(CS(C)=O)NCc1ccn(C2CCCCC2)n1. The molecule has 2 rings (SSSR count). The summed E-state index contributed by atoms with van der Waals surface area (Å²) in [5.41, 5.74) is 1.08. The fourth-order valence-electron chi connectivity index (χ4n) is 2.71. The zero-order valence-corrected chi connectivity index (χ0v) is 12.8. The molecule has 4 nitrogen and oxygen atoms in total. The minimum absolute atomic E-state index is 0.269. The molecule has 1 N–H and O–H groups in total. The fourth-order valence-corrected chi connectivity index (χ4v) is 3.53. The van der Waals surface area contributed by atoms with Gasteiger partial charge in [-0.3, -0.25) is 8.89 Å². The maximum atomic E-state index is 11.1. The Labute approximate surface area is 118 Å². The van der Waals surface area contributed by atoms with Gasteiger partial charge in [-0.2, -0.15) is 5.10 Å². The molecule has 5 heteroatoms. The summed E-state index contributed by atoms with van der Waals surface area (Å²) in [6.45, 7) is 2.83. The van der Waals surface area contributed by atoms with Crippen LogP contribution in [0.15, 0.2) is 12.3 Å². The first-order valence-corrected chi connectivity index (χ1v) is 8.95. The summed E-state index contributed by atoms with van der Waals surface area (Å²) in [5, 5.41) is 8.04. The van der Waals surface area contributed by atoms with Crippen LogP contribution in [0.1, 0.15) is 50.8 Å². The van der Waals surface area contributed by atoms with E-state index in [1.807, 2.05) is 0 Å². The third kappa shape index (κ3) is 4.73. The van der Waals surface area contributed by atoms with E-state index in [9.17, 15) is 4.21 Å². The van der Waals surface area contributed by atoms with Gasteiger partial charge in [0.1, 0.15) is 0 Å². The van der Waals surface area contributed by atoms with Crippen LogP contribution >= 0.6 is 0 Å².